The van der Waals surface area contributed by atoms with E-state index in [-0.39, 0.29) is 11.9 Å². The molecule has 6 nitrogen and oxygen atoms in total. The Morgan fingerprint density at radius 3 is 2.50 bits per heavy atom. The Balaban J connectivity index is 3.86. The first-order valence-corrected chi connectivity index (χ1v) is 6.53. The summed E-state index contributed by atoms with van der Waals surface area (Å²) in [6.07, 6.45) is 1.34. The first kappa shape index (κ1) is 16.7. The average Bonchev–Trinajstić information content (AvgIpc) is 2.32. The number of hydrogen-bond donors (Lipinski definition) is 4. The predicted octanol–water partition coefficient (Wildman–Crippen LogP) is 0.356. The predicted molar refractivity (Wildman–Crippen MR) is 75.0 cm³/mol. The summed E-state index contributed by atoms with van der Waals surface area (Å²) in [5.41, 5.74) is 2.49. The van der Waals surface area contributed by atoms with Crippen molar-refractivity contribution in [2.75, 3.05) is 13.1 Å². The van der Waals surface area contributed by atoms with Crippen molar-refractivity contribution in [1.82, 2.24) is 16.1 Å². The van der Waals surface area contributed by atoms with Gasteiger partial charge in [-0.3, -0.25) is 15.2 Å². The van der Waals surface area contributed by atoms with E-state index in [4.69, 9.17) is 5.84 Å². The normalized spacial score (nSPS) is 13.3. The molecule has 0 aromatic heterocycles. The van der Waals surface area contributed by atoms with Gasteiger partial charge in [0, 0.05) is 25.6 Å². The van der Waals surface area contributed by atoms with Crippen LogP contribution in [0.1, 0.15) is 40.5 Å². The molecule has 18 heavy (non-hydrogen) atoms. The molecule has 0 saturated carbocycles. The number of hydrogen-bond acceptors (Lipinski definition) is 3. The molecule has 0 aromatic rings. The van der Waals surface area contributed by atoms with E-state index in [1.54, 1.807) is 0 Å². The van der Waals surface area contributed by atoms with E-state index in [1.807, 2.05) is 13.8 Å². The fraction of sp³-hybridized carbons (Fsp3) is 0.833. The number of guanidine groups is 1. The summed E-state index contributed by atoms with van der Waals surface area (Å²) >= 11 is 0. The van der Waals surface area contributed by atoms with Crippen molar-refractivity contribution >= 4 is 11.9 Å². The van der Waals surface area contributed by atoms with Crippen LogP contribution in [0.5, 0.6) is 0 Å². The lowest BCUT2D eigenvalue weighted by Gasteiger charge is -2.12. The molecule has 0 aliphatic rings. The number of carbonyl (C=O) groups excluding carboxylic acids is 1. The highest BCUT2D eigenvalue weighted by atomic mass is 16.1. The number of rotatable bonds is 7. The van der Waals surface area contributed by atoms with Crippen molar-refractivity contribution in [3.63, 3.8) is 0 Å². The number of nitrogens with zero attached hydrogens (tertiary/aromatic N) is 1. The Morgan fingerprint density at radius 1 is 1.33 bits per heavy atom. The van der Waals surface area contributed by atoms with Gasteiger partial charge < -0.3 is 10.6 Å². The van der Waals surface area contributed by atoms with Gasteiger partial charge in [0.2, 0.25) is 11.9 Å². The second-order valence-electron chi connectivity index (χ2n) is 4.78. The van der Waals surface area contributed by atoms with Crippen LogP contribution in [-0.4, -0.2) is 31.0 Å². The zero-order chi connectivity index (χ0) is 14.0. The van der Waals surface area contributed by atoms with Crippen LogP contribution in [0.4, 0.5) is 0 Å². The van der Waals surface area contributed by atoms with Gasteiger partial charge in [0.15, 0.2) is 0 Å². The largest absolute Gasteiger partial charge is 0.355 e. The lowest BCUT2D eigenvalue weighted by molar-refractivity contribution is -0.121. The topological polar surface area (TPSA) is 91.5 Å². The maximum atomic E-state index is 11.5. The fourth-order valence-corrected chi connectivity index (χ4v) is 1.17. The summed E-state index contributed by atoms with van der Waals surface area (Å²) < 4.78 is 0. The third-order valence-corrected chi connectivity index (χ3v) is 2.42. The highest BCUT2D eigenvalue weighted by Crippen LogP contribution is 1.91. The summed E-state index contributed by atoms with van der Waals surface area (Å²) in [4.78, 5) is 15.8. The number of hydrazine groups is 1. The van der Waals surface area contributed by atoms with Crippen molar-refractivity contribution in [3.05, 3.63) is 0 Å². The quantitative estimate of drug-likeness (QED) is 0.229. The Kier molecular flexibility index (Phi) is 9.00. The number of aliphatic imine (C=N–C) groups is 1. The van der Waals surface area contributed by atoms with Gasteiger partial charge in [0.25, 0.3) is 0 Å². The molecule has 1 unspecified atom stereocenters. The third kappa shape index (κ3) is 8.81. The SMILES string of the molecule is CCC(C)NC(=O)CCNC(=NCC(C)C)NN. The number of nitrogens with one attached hydrogen (secondary N) is 3. The van der Waals surface area contributed by atoms with Crippen LogP contribution in [0.3, 0.4) is 0 Å². The number of amides is 1. The van der Waals surface area contributed by atoms with E-state index >= 15 is 0 Å². The third-order valence-electron chi connectivity index (χ3n) is 2.42. The number of carbonyl (C=O) groups is 1. The van der Waals surface area contributed by atoms with Crippen LogP contribution in [0.25, 0.3) is 0 Å². The lowest BCUT2D eigenvalue weighted by atomic mass is 10.2. The van der Waals surface area contributed by atoms with E-state index in [1.165, 1.54) is 0 Å². The monoisotopic (exact) mass is 257 g/mol. The molecule has 5 N–H and O–H groups in total. The second kappa shape index (κ2) is 9.70. The minimum atomic E-state index is 0.0390. The highest BCUT2D eigenvalue weighted by Gasteiger charge is 2.05. The van der Waals surface area contributed by atoms with Crippen LogP contribution in [0.15, 0.2) is 4.99 Å². The molecular weight excluding hydrogens is 230 g/mol. The average molecular weight is 257 g/mol. The molecule has 0 bridgehead atoms. The molecular formula is C12H27N5O. The van der Waals surface area contributed by atoms with Gasteiger partial charge in [-0.1, -0.05) is 20.8 Å². The first-order valence-electron chi connectivity index (χ1n) is 6.53. The van der Waals surface area contributed by atoms with Crippen LogP contribution >= 0.6 is 0 Å². The van der Waals surface area contributed by atoms with Crippen molar-refractivity contribution < 1.29 is 4.79 Å². The van der Waals surface area contributed by atoms with E-state index in [2.05, 4.69) is 34.9 Å². The summed E-state index contributed by atoms with van der Waals surface area (Å²) in [6.45, 7) is 9.41. The van der Waals surface area contributed by atoms with Crippen molar-refractivity contribution in [3.8, 4) is 0 Å². The molecule has 0 aromatic carbocycles. The first-order chi connectivity index (χ1) is 8.49. The van der Waals surface area contributed by atoms with Gasteiger partial charge in [-0.25, -0.2) is 5.84 Å². The van der Waals surface area contributed by atoms with Crippen LogP contribution in [0, 0.1) is 5.92 Å². The van der Waals surface area contributed by atoms with Crippen molar-refractivity contribution in [1.29, 1.82) is 0 Å². The molecule has 0 fully saturated rings. The Labute approximate surface area is 110 Å². The fourth-order valence-electron chi connectivity index (χ4n) is 1.17. The zero-order valence-corrected chi connectivity index (χ0v) is 11.9. The Hall–Kier alpha value is -1.30. The van der Waals surface area contributed by atoms with Gasteiger partial charge in [0.1, 0.15) is 0 Å². The van der Waals surface area contributed by atoms with E-state index in [0.717, 1.165) is 6.42 Å². The van der Waals surface area contributed by atoms with Crippen molar-refractivity contribution in [2.24, 2.45) is 16.8 Å². The minimum Gasteiger partial charge on any atom is -0.355 e. The maximum absolute atomic E-state index is 11.5. The van der Waals surface area contributed by atoms with Crippen LogP contribution in [0.2, 0.25) is 0 Å². The smallest absolute Gasteiger partial charge is 0.221 e. The zero-order valence-electron chi connectivity index (χ0n) is 11.9. The lowest BCUT2D eigenvalue weighted by Crippen LogP contribution is -2.43. The van der Waals surface area contributed by atoms with Crippen molar-refractivity contribution in [2.45, 2.75) is 46.6 Å². The molecule has 0 aliphatic carbocycles. The summed E-state index contributed by atoms with van der Waals surface area (Å²) in [5.74, 6) is 6.38. The molecule has 0 radical (unpaired) electrons. The van der Waals surface area contributed by atoms with E-state index in [0.29, 0.717) is 31.4 Å². The molecule has 106 valence electrons. The van der Waals surface area contributed by atoms with Gasteiger partial charge >= 0.3 is 0 Å². The molecule has 0 rings (SSSR count). The highest BCUT2D eigenvalue weighted by molar-refractivity contribution is 5.80. The Bertz CT molecular complexity index is 265. The Morgan fingerprint density at radius 2 is 2.00 bits per heavy atom. The van der Waals surface area contributed by atoms with Gasteiger partial charge in [-0.15, -0.1) is 0 Å². The number of nitrogens with two attached hydrogens (primary N) is 1. The van der Waals surface area contributed by atoms with Gasteiger partial charge in [-0.05, 0) is 19.3 Å². The molecule has 0 spiro atoms. The van der Waals surface area contributed by atoms with Gasteiger partial charge in [-0.2, -0.15) is 0 Å². The summed E-state index contributed by atoms with van der Waals surface area (Å²) in [6, 6.07) is 0.221. The molecule has 6 heteroatoms. The van der Waals surface area contributed by atoms with Crippen LogP contribution in [-0.2, 0) is 4.79 Å². The maximum Gasteiger partial charge on any atom is 0.221 e. The van der Waals surface area contributed by atoms with E-state index in [9.17, 15) is 4.79 Å². The van der Waals surface area contributed by atoms with Gasteiger partial charge in [0.05, 0.1) is 0 Å². The molecule has 1 amide bonds. The van der Waals surface area contributed by atoms with E-state index < -0.39 is 0 Å². The summed E-state index contributed by atoms with van der Waals surface area (Å²) in [5, 5.41) is 5.90. The van der Waals surface area contributed by atoms with Crippen LogP contribution < -0.4 is 21.9 Å². The standard InChI is InChI=1S/C12H27N5O/c1-5-10(4)16-11(18)6-7-14-12(17-13)15-8-9(2)3/h9-10H,5-8,13H2,1-4H3,(H,16,18)(H2,14,15,17). The molecule has 0 aliphatic heterocycles. The molecule has 1 atom stereocenters. The molecule has 0 saturated heterocycles. The molecule has 0 heterocycles. The summed E-state index contributed by atoms with van der Waals surface area (Å²) in [7, 11) is 0. The minimum absolute atomic E-state index is 0.0390. The second-order valence-corrected chi connectivity index (χ2v) is 4.78.